The number of rotatable bonds is 0. The Kier molecular flexibility index (Phi) is 2.32. The second kappa shape index (κ2) is 3.49. The van der Waals surface area contributed by atoms with Crippen molar-refractivity contribution in [2.45, 2.75) is 57.6 Å². The molecule has 0 unspecified atom stereocenters. The van der Waals surface area contributed by atoms with Crippen LogP contribution in [0.4, 0.5) is 4.79 Å². The van der Waals surface area contributed by atoms with Gasteiger partial charge in [0.15, 0.2) is 0 Å². The average molecular weight is 251 g/mol. The lowest BCUT2D eigenvalue weighted by Crippen LogP contribution is -2.81. The molecule has 0 radical (unpaired) electrons. The number of ether oxygens (including phenoxy) is 1. The Bertz CT molecular complexity index is 412. The summed E-state index contributed by atoms with van der Waals surface area (Å²) < 4.78 is 5.45. The van der Waals surface area contributed by atoms with Crippen molar-refractivity contribution in [3.8, 4) is 0 Å². The number of likely N-dealkylation sites (tertiary alicyclic amines) is 1. The molecule has 2 saturated carbocycles. The maximum Gasteiger partial charge on any atom is 0.410 e. The van der Waals surface area contributed by atoms with Crippen LogP contribution in [0.5, 0.6) is 0 Å². The van der Waals surface area contributed by atoms with Crippen LogP contribution >= 0.6 is 0 Å². The van der Waals surface area contributed by atoms with Gasteiger partial charge in [-0.1, -0.05) is 0 Å². The van der Waals surface area contributed by atoms with E-state index in [1.165, 1.54) is 0 Å². The highest BCUT2D eigenvalue weighted by Gasteiger charge is 2.70. The normalized spacial score (nSPS) is 38.2. The van der Waals surface area contributed by atoms with Crippen LogP contribution in [-0.4, -0.2) is 34.5 Å². The molecule has 1 aliphatic heterocycles. The SMILES string of the molecule is CC(C)(C)OC(=O)N1C[C@H]2C[C@@H]3C(=O)CCC[C@]231. The fourth-order valence-corrected chi connectivity index (χ4v) is 3.94. The summed E-state index contributed by atoms with van der Waals surface area (Å²) in [6.07, 6.45) is 3.34. The van der Waals surface area contributed by atoms with Gasteiger partial charge in [0.2, 0.25) is 0 Å². The highest BCUT2D eigenvalue weighted by atomic mass is 16.6. The first-order valence-electron chi connectivity index (χ1n) is 6.88. The zero-order valence-corrected chi connectivity index (χ0v) is 11.4. The van der Waals surface area contributed by atoms with E-state index in [0.29, 0.717) is 18.1 Å². The number of carbonyl (C=O) groups is 2. The molecule has 0 aromatic rings. The van der Waals surface area contributed by atoms with Gasteiger partial charge in [-0.25, -0.2) is 4.79 Å². The number of carbonyl (C=O) groups excluding carboxylic acids is 2. The van der Waals surface area contributed by atoms with Gasteiger partial charge < -0.3 is 9.64 Å². The Balaban J connectivity index is 1.76. The van der Waals surface area contributed by atoms with Gasteiger partial charge in [0.1, 0.15) is 11.4 Å². The van der Waals surface area contributed by atoms with Gasteiger partial charge in [-0.3, -0.25) is 4.79 Å². The number of hydrogen-bond donors (Lipinski definition) is 0. The van der Waals surface area contributed by atoms with E-state index in [0.717, 1.165) is 25.8 Å². The Morgan fingerprint density at radius 3 is 2.78 bits per heavy atom. The molecular formula is C14H21NO3. The smallest absolute Gasteiger partial charge is 0.410 e. The molecule has 0 aromatic carbocycles. The van der Waals surface area contributed by atoms with Crippen molar-refractivity contribution in [2.75, 3.05) is 6.54 Å². The third-order valence-electron chi connectivity index (χ3n) is 4.74. The topological polar surface area (TPSA) is 46.6 Å². The molecule has 4 nitrogen and oxygen atoms in total. The van der Waals surface area contributed by atoms with E-state index in [1.54, 1.807) is 0 Å². The van der Waals surface area contributed by atoms with E-state index < -0.39 is 5.60 Å². The second-order valence-electron chi connectivity index (χ2n) is 6.89. The van der Waals surface area contributed by atoms with Gasteiger partial charge >= 0.3 is 6.09 Å². The fraction of sp³-hybridized carbons (Fsp3) is 0.857. The van der Waals surface area contributed by atoms with E-state index in [9.17, 15) is 9.59 Å². The molecule has 1 amide bonds. The number of nitrogens with zero attached hydrogens (tertiary/aromatic N) is 1. The van der Waals surface area contributed by atoms with Crippen molar-refractivity contribution in [3.05, 3.63) is 0 Å². The Morgan fingerprint density at radius 1 is 1.44 bits per heavy atom. The first kappa shape index (κ1) is 12.0. The third kappa shape index (κ3) is 1.44. The third-order valence-corrected chi connectivity index (χ3v) is 4.74. The minimum absolute atomic E-state index is 0.0949. The second-order valence-corrected chi connectivity index (χ2v) is 6.89. The number of ketones is 1. The highest BCUT2D eigenvalue weighted by molar-refractivity contribution is 5.87. The molecule has 2 aliphatic carbocycles. The molecule has 1 saturated heterocycles. The predicted octanol–water partition coefficient (Wildman–Crippen LogP) is 2.37. The molecular weight excluding hydrogens is 230 g/mol. The standard InChI is InChI=1S/C14H21NO3/c1-13(2,3)18-12(17)15-8-9-7-10-11(16)5-4-6-14(9,10)15/h9-10H,4-8H2,1-3H3/t9-,10-,14+/m1/s1. The van der Waals surface area contributed by atoms with Gasteiger partial charge in [0, 0.05) is 24.8 Å². The first-order valence-corrected chi connectivity index (χ1v) is 6.88. The quantitative estimate of drug-likeness (QED) is 0.664. The van der Waals surface area contributed by atoms with Crippen molar-refractivity contribution in [1.29, 1.82) is 0 Å². The number of hydrogen-bond acceptors (Lipinski definition) is 3. The van der Waals surface area contributed by atoms with Crippen LogP contribution in [0.15, 0.2) is 0 Å². The van der Waals surface area contributed by atoms with Gasteiger partial charge in [0.05, 0.1) is 5.54 Å². The largest absolute Gasteiger partial charge is 0.444 e. The van der Waals surface area contributed by atoms with Crippen molar-refractivity contribution < 1.29 is 14.3 Å². The molecule has 4 heteroatoms. The molecule has 0 aromatic heterocycles. The fourth-order valence-electron chi connectivity index (χ4n) is 3.94. The van der Waals surface area contributed by atoms with Crippen LogP contribution in [0.25, 0.3) is 0 Å². The number of amides is 1. The lowest BCUT2D eigenvalue weighted by molar-refractivity contribution is -0.203. The minimum atomic E-state index is -0.462. The molecule has 1 spiro atoms. The Hall–Kier alpha value is -1.06. The first-order chi connectivity index (χ1) is 8.34. The highest BCUT2D eigenvalue weighted by Crippen LogP contribution is 2.61. The predicted molar refractivity (Wildman–Crippen MR) is 66.1 cm³/mol. The summed E-state index contributed by atoms with van der Waals surface area (Å²) in [5.74, 6) is 0.988. The molecule has 3 fully saturated rings. The zero-order chi connectivity index (χ0) is 13.1. The maximum atomic E-state index is 12.2. The molecule has 0 bridgehead atoms. The van der Waals surface area contributed by atoms with E-state index >= 15 is 0 Å². The summed E-state index contributed by atoms with van der Waals surface area (Å²) in [7, 11) is 0. The lowest BCUT2D eigenvalue weighted by Gasteiger charge is -2.70. The van der Waals surface area contributed by atoms with Crippen LogP contribution in [0.2, 0.25) is 0 Å². The Labute approximate surface area is 108 Å². The monoisotopic (exact) mass is 251 g/mol. The minimum Gasteiger partial charge on any atom is -0.444 e. The van der Waals surface area contributed by atoms with Crippen molar-refractivity contribution in [1.82, 2.24) is 4.90 Å². The zero-order valence-electron chi connectivity index (χ0n) is 11.4. The molecule has 18 heavy (non-hydrogen) atoms. The Morgan fingerprint density at radius 2 is 2.17 bits per heavy atom. The average Bonchev–Trinajstić information content (AvgIpc) is 2.22. The summed E-state index contributed by atoms with van der Waals surface area (Å²) in [6, 6.07) is 0. The number of piperidine rings is 1. The number of Topliss-reactive ketones (excluding diaryl/α,β-unsaturated/α-hetero) is 1. The summed E-state index contributed by atoms with van der Waals surface area (Å²) >= 11 is 0. The van der Waals surface area contributed by atoms with Gasteiger partial charge in [-0.15, -0.1) is 0 Å². The van der Waals surface area contributed by atoms with Crippen molar-refractivity contribution >= 4 is 11.9 Å². The van der Waals surface area contributed by atoms with E-state index in [4.69, 9.17) is 4.74 Å². The molecule has 3 atom stereocenters. The van der Waals surface area contributed by atoms with E-state index in [2.05, 4.69) is 0 Å². The van der Waals surface area contributed by atoms with Gasteiger partial charge in [-0.05, 0) is 40.0 Å². The van der Waals surface area contributed by atoms with Crippen LogP contribution < -0.4 is 0 Å². The van der Waals surface area contributed by atoms with E-state index in [1.807, 2.05) is 25.7 Å². The summed E-state index contributed by atoms with van der Waals surface area (Å²) in [4.78, 5) is 25.9. The van der Waals surface area contributed by atoms with Gasteiger partial charge in [0.25, 0.3) is 0 Å². The van der Waals surface area contributed by atoms with Crippen LogP contribution in [0.1, 0.15) is 46.5 Å². The molecule has 100 valence electrons. The molecule has 3 aliphatic rings. The van der Waals surface area contributed by atoms with Crippen LogP contribution in [-0.2, 0) is 9.53 Å². The lowest BCUT2D eigenvalue weighted by atomic mass is 9.47. The summed E-state index contributed by atoms with van der Waals surface area (Å²) in [5.41, 5.74) is -0.617. The van der Waals surface area contributed by atoms with Crippen molar-refractivity contribution in [3.63, 3.8) is 0 Å². The van der Waals surface area contributed by atoms with E-state index in [-0.39, 0.29) is 17.6 Å². The van der Waals surface area contributed by atoms with Crippen LogP contribution in [0.3, 0.4) is 0 Å². The summed E-state index contributed by atoms with van der Waals surface area (Å²) in [5, 5.41) is 0. The van der Waals surface area contributed by atoms with Crippen molar-refractivity contribution in [2.24, 2.45) is 11.8 Å². The summed E-state index contributed by atoms with van der Waals surface area (Å²) in [6.45, 7) is 6.41. The molecule has 3 rings (SSSR count). The molecule has 0 N–H and O–H groups in total. The van der Waals surface area contributed by atoms with Crippen LogP contribution in [0, 0.1) is 11.8 Å². The molecule has 1 heterocycles. The maximum absolute atomic E-state index is 12.2. The van der Waals surface area contributed by atoms with Gasteiger partial charge in [-0.2, -0.15) is 0 Å².